The van der Waals surface area contributed by atoms with Crippen LogP contribution in [-0.4, -0.2) is 11.7 Å². The minimum absolute atomic E-state index is 0. The standard InChI is InChI=1S/C8H11NO.BrH/c9-5-4-7-2-1-3-8(10)6-7;/h1-3,6,10H,4-5,9H2;1H. The lowest BCUT2D eigenvalue weighted by molar-refractivity contribution is 0.474. The molecule has 0 atom stereocenters. The summed E-state index contributed by atoms with van der Waals surface area (Å²) in [5.74, 6) is 0.311. The van der Waals surface area contributed by atoms with Gasteiger partial charge in [0.2, 0.25) is 0 Å². The Kier molecular flexibility index (Phi) is 4.90. The fraction of sp³-hybridized carbons (Fsp3) is 0.250. The van der Waals surface area contributed by atoms with Crippen LogP contribution in [0.15, 0.2) is 24.3 Å². The maximum atomic E-state index is 9.00. The van der Waals surface area contributed by atoms with E-state index in [4.69, 9.17) is 10.8 Å². The highest BCUT2D eigenvalue weighted by Crippen LogP contribution is 2.10. The highest BCUT2D eigenvalue weighted by molar-refractivity contribution is 8.93. The van der Waals surface area contributed by atoms with Crippen molar-refractivity contribution in [3.05, 3.63) is 29.8 Å². The van der Waals surface area contributed by atoms with Gasteiger partial charge >= 0.3 is 0 Å². The third-order valence-corrected chi connectivity index (χ3v) is 1.34. The van der Waals surface area contributed by atoms with Crippen LogP contribution in [0.3, 0.4) is 0 Å². The highest BCUT2D eigenvalue weighted by atomic mass is 79.9. The summed E-state index contributed by atoms with van der Waals surface area (Å²) in [7, 11) is 0. The Hall–Kier alpha value is -0.540. The van der Waals surface area contributed by atoms with Gasteiger partial charge in [0.25, 0.3) is 0 Å². The monoisotopic (exact) mass is 217 g/mol. The van der Waals surface area contributed by atoms with Crippen LogP contribution >= 0.6 is 17.0 Å². The largest absolute Gasteiger partial charge is 0.508 e. The van der Waals surface area contributed by atoms with Crippen molar-refractivity contribution in [3.8, 4) is 5.75 Å². The molecular weight excluding hydrogens is 206 g/mol. The van der Waals surface area contributed by atoms with Gasteiger partial charge in [-0.15, -0.1) is 17.0 Å². The van der Waals surface area contributed by atoms with E-state index in [9.17, 15) is 0 Å². The van der Waals surface area contributed by atoms with Crippen molar-refractivity contribution in [2.75, 3.05) is 6.54 Å². The molecule has 1 aromatic carbocycles. The van der Waals surface area contributed by atoms with Gasteiger partial charge in [0.15, 0.2) is 0 Å². The van der Waals surface area contributed by atoms with Crippen molar-refractivity contribution < 1.29 is 5.11 Å². The fourth-order valence-corrected chi connectivity index (χ4v) is 0.879. The smallest absolute Gasteiger partial charge is 0.115 e. The summed E-state index contributed by atoms with van der Waals surface area (Å²) >= 11 is 0. The number of benzene rings is 1. The summed E-state index contributed by atoms with van der Waals surface area (Å²) < 4.78 is 0. The van der Waals surface area contributed by atoms with Crippen LogP contribution < -0.4 is 5.73 Å². The van der Waals surface area contributed by atoms with E-state index in [2.05, 4.69) is 0 Å². The van der Waals surface area contributed by atoms with E-state index in [1.54, 1.807) is 12.1 Å². The van der Waals surface area contributed by atoms with E-state index in [1.165, 1.54) is 0 Å². The lowest BCUT2D eigenvalue weighted by Crippen LogP contribution is -2.01. The minimum atomic E-state index is 0. The van der Waals surface area contributed by atoms with Gasteiger partial charge in [-0.05, 0) is 30.7 Å². The second kappa shape index (κ2) is 5.16. The van der Waals surface area contributed by atoms with E-state index in [0.29, 0.717) is 12.3 Å². The summed E-state index contributed by atoms with van der Waals surface area (Å²) in [5.41, 5.74) is 6.41. The average Bonchev–Trinajstić information content (AvgIpc) is 1.88. The molecule has 0 saturated heterocycles. The van der Waals surface area contributed by atoms with Gasteiger partial charge in [0.05, 0.1) is 0 Å². The van der Waals surface area contributed by atoms with Gasteiger partial charge in [0, 0.05) is 0 Å². The number of phenolic OH excluding ortho intramolecular Hbond substituents is 1. The molecule has 0 fully saturated rings. The number of halogens is 1. The molecule has 0 saturated carbocycles. The van der Waals surface area contributed by atoms with E-state index in [1.807, 2.05) is 12.1 Å². The summed E-state index contributed by atoms with van der Waals surface area (Å²) in [6, 6.07) is 7.15. The van der Waals surface area contributed by atoms with Crippen LogP contribution in [0.1, 0.15) is 5.56 Å². The molecule has 0 aliphatic carbocycles. The van der Waals surface area contributed by atoms with Crippen molar-refractivity contribution in [1.29, 1.82) is 0 Å². The van der Waals surface area contributed by atoms with Crippen LogP contribution in [0.25, 0.3) is 0 Å². The third-order valence-electron chi connectivity index (χ3n) is 1.34. The van der Waals surface area contributed by atoms with E-state index < -0.39 is 0 Å². The van der Waals surface area contributed by atoms with Gasteiger partial charge in [-0.25, -0.2) is 0 Å². The number of hydrogen-bond acceptors (Lipinski definition) is 2. The molecule has 3 N–H and O–H groups in total. The molecule has 0 aromatic heterocycles. The first-order chi connectivity index (χ1) is 4.83. The SMILES string of the molecule is Br.NCCc1cccc(O)c1. The van der Waals surface area contributed by atoms with Crippen molar-refractivity contribution >= 4 is 17.0 Å². The van der Waals surface area contributed by atoms with Gasteiger partial charge in [-0.3, -0.25) is 0 Å². The molecular formula is C8H12BrNO. The fourth-order valence-electron chi connectivity index (χ4n) is 0.879. The molecule has 0 bridgehead atoms. The van der Waals surface area contributed by atoms with Gasteiger partial charge in [0.1, 0.15) is 5.75 Å². The molecule has 1 aromatic rings. The Labute approximate surface area is 76.8 Å². The maximum absolute atomic E-state index is 9.00. The maximum Gasteiger partial charge on any atom is 0.115 e. The Morgan fingerprint density at radius 1 is 1.36 bits per heavy atom. The summed E-state index contributed by atoms with van der Waals surface area (Å²) in [5, 5.41) is 9.00. The van der Waals surface area contributed by atoms with Crippen LogP contribution in [0.4, 0.5) is 0 Å². The number of hydrogen-bond donors (Lipinski definition) is 2. The topological polar surface area (TPSA) is 46.2 Å². The number of nitrogens with two attached hydrogens (primary N) is 1. The average molecular weight is 218 g/mol. The highest BCUT2D eigenvalue weighted by Gasteiger charge is 1.90. The van der Waals surface area contributed by atoms with Crippen LogP contribution in [0, 0.1) is 0 Å². The first-order valence-corrected chi connectivity index (χ1v) is 3.31. The Bertz CT molecular complexity index is 215. The van der Waals surface area contributed by atoms with Crippen molar-refractivity contribution in [2.24, 2.45) is 5.73 Å². The molecule has 0 aliphatic heterocycles. The molecule has 0 unspecified atom stereocenters. The molecule has 0 aliphatic rings. The second-order valence-corrected chi connectivity index (χ2v) is 2.21. The number of aromatic hydroxyl groups is 1. The van der Waals surface area contributed by atoms with Gasteiger partial charge < -0.3 is 10.8 Å². The van der Waals surface area contributed by atoms with Crippen LogP contribution in [-0.2, 0) is 6.42 Å². The summed E-state index contributed by atoms with van der Waals surface area (Å²) in [6.45, 7) is 0.628. The van der Waals surface area contributed by atoms with Crippen molar-refractivity contribution in [2.45, 2.75) is 6.42 Å². The first kappa shape index (κ1) is 10.5. The zero-order chi connectivity index (χ0) is 7.40. The van der Waals surface area contributed by atoms with E-state index in [-0.39, 0.29) is 17.0 Å². The van der Waals surface area contributed by atoms with Gasteiger partial charge in [-0.2, -0.15) is 0 Å². The summed E-state index contributed by atoms with van der Waals surface area (Å²) in [6.07, 6.45) is 0.828. The molecule has 1 rings (SSSR count). The Morgan fingerprint density at radius 2 is 2.09 bits per heavy atom. The molecule has 0 spiro atoms. The third kappa shape index (κ3) is 3.39. The first-order valence-electron chi connectivity index (χ1n) is 3.31. The minimum Gasteiger partial charge on any atom is -0.508 e. The molecule has 2 nitrogen and oxygen atoms in total. The quantitative estimate of drug-likeness (QED) is 0.789. The molecule has 3 heteroatoms. The number of phenols is 1. The summed E-state index contributed by atoms with van der Waals surface area (Å²) in [4.78, 5) is 0. The molecule has 0 heterocycles. The lowest BCUT2D eigenvalue weighted by Gasteiger charge is -1.97. The molecule has 11 heavy (non-hydrogen) atoms. The van der Waals surface area contributed by atoms with E-state index >= 15 is 0 Å². The van der Waals surface area contributed by atoms with Crippen molar-refractivity contribution in [1.82, 2.24) is 0 Å². The van der Waals surface area contributed by atoms with Crippen LogP contribution in [0.2, 0.25) is 0 Å². The predicted octanol–water partition coefficient (Wildman–Crippen LogP) is 1.47. The zero-order valence-electron chi connectivity index (χ0n) is 6.16. The normalized spacial score (nSPS) is 8.82. The van der Waals surface area contributed by atoms with Gasteiger partial charge in [-0.1, -0.05) is 12.1 Å². The molecule has 0 amide bonds. The zero-order valence-corrected chi connectivity index (χ0v) is 7.87. The molecule has 0 radical (unpaired) electrons. The predicted molar refractivity (Wildman–Crippen MR) is 51.2 cm³/mol. The molecule has 62 valence electrons. The number of rotatable bonds is 2. The Balaban J connectivity index is 0.000001000. The van der Waals surface area contributed by atoms with Crippen LogP contribution in [0.5, 0.6) is 5.75 Å². The second-order valence-electron chi connectivity index (χ2n) is 2.21. The lowest BCUT2D eigenvalue weighted by atomic mass is 10.1. The van der Waals surface area contributed by atoms with E-state index in [0.717, 1.165) is 12.0 Å². The van der Waals surface area contributed by atoms with Crippen molar-refractivity contribution in [3.63, 3.8) is 0 Å². The Morgan fingerprint density at radius 3 is 2.64 bits per heavy atom.